The van der Waals surface area contributed by atoms with Gasteiger partial charge in [0.15, 0.2) is 0 Å². The van der Waals surface area contributed by atoms with E-state index in [9.17, 15) is 4.79 Å². The normalized spacial score (nSPS) is 28.1. The molecule has 1 heterocycles. The smallest absolute Gasteiger partial charge is 0.256 e. The van der Waals surface area contributed by atoms with Gasteiger partial charge in [0.1, 0.15) is 11.4 Å². The van der Waals surface area contributed by atoms with Crippen molar-refractivity contribution in [1.82, 2.24) is 15.1 Å². The standard InChI is InChI=1S/C13H22N4O/c1-8-4-5-11(9(2)6-8)16-13(18)10-7-15-17(3)12(10)14/h7-9,11H,4-6,14H2,1-3H3,(H,16,18). The van der Waals surface area contributed by atoms with Crippen LogP contribution in [0, 0.1) is 11.8 Å². The van der Waals surface area contributed by atoms with E-state index in [0.29, 0.717) is 17.3 Å². The predicted molar refractivity (Wildman–Crippen MR) is 71.1 cm³/mol. The molecule has 0 saturated heterocycles. The summed E-state index contributed by atoms with van der Waals surface area (Å²) in [7, 11) is 1.73. The van der Waals surface area contributed by atoms with Gasteiger partial charge in [-0.05, 0) is 31.1 Å². The molecule has 0 radical (unpaired) electrons. The zero-order valence-corrected chi connectivity index (χ0v) is 11.3. The molecule has 3 unspecified atom stereocenters. The van der Waals surface area contributed by atoms with Gasteiger partial charge in [0.2, 0.25) is 0 Å². The van der Waals surface area contributed by atoms with E-state index in [1.165, 1.54) is 23.7 Å². The molecular weight excluding hydrogens is 228 g/mol. The molecular formula is C13H22N4O. The zero-order valence-electron chi connectivity index (χ0n) is 11.3. The van der Waals surface area contributed by atoms with Crippen molar-refractivity contribution >= 4 is 11.7 Å². The molecule has 1 aliphatic carbocycles. The Hall–Kier alpha value is -1.52. The Morgan fingerprint density at radius 2 is 2.22 bits per heavy atom. The average Bonchev–Trinajstić information content (AvgIpc) is 2.64. The summed E-state index contributed by atoms with van der Waals surface area (Å²) in [6.07, 6.45) is 4.93. The SMILES string of the molecule is CC1CCC(NC(=O)c2cnn(C)c2N)C(C)C1. The molecule has 0 spiro atoms. The summed E-state index contributed by atoms with van der Waals surface area (Å²) in [6, 6.07) is 0.258. The van der Waals surface area contributed by atoms with Gasteiger partial charge >= 0.3 is 0 Å². The van der Waals surface area contributed by atoms with Crippen LogP contribution in [0.3, 0.4) is 0 Å². The molecule has 1 saturated carbocycles. The van der Waals surface area contributed by atoms with Crippen molar-refractivity contribution in [2.24, 2.45) is 18.9 Å². The number of rotatable bonds is 2. The maximum atomic E-state index is 12.1. The summed E-state index contributed by atoms with van der Waals surface area (Å²) < 4.78 is 1.52. The number of aryl methyl sites for hydroxylation is 1. The Morgan fingerprint density at radius 3 is 2.78 bits per heavy atom. The first kappa shape index (κ1) is 12.9. The molecule has 100 valence electrons. The van der Waals surface area contributed by atoms with Gasteiger partial charge in [-0.2, -0.15) is 5.10 Å². The van der Waals surface area contributed by atoms with Crippen LogP contribution in [0.2, 0.25) is 0 Å². The number of aromatic nitrogens is 2. The summed E-state index contributed by atoms with van der Waals surface area (Å²) in [4.78, 5) is 12.1. The minimum absolute atomic E-state index is 0.105. The number of nitrogens with one attached hydrogen (secondary N) is 1. The van der Waals surface area contributed by atoms with Crippen molar-refractivity contribution in [3.63, 3.8) is 0 Å². The molecule has 0 aliphatic heterocycles. The van der Waals surface area contributed by atoms with Gasteiger partial charge in [-0.1, -0.05) is 13.8 Å². The highest BCUT2D eigenvalue weighted by Gasteiger charge is 2.27. The first-order valence-corrected chi connectivity index (χ1v) is 6.57. The van der Waals surface area contributed by atoms with E-state index in [4.69, 9.17) is 5.73 Å². The number of anilines is 1. The number of carbonyl (C=O) groups is 1. The van der Waals surface area contributed by atoms with Crippen molar-refractivity contribution < 1.29 is 4.79 Å². The van der Waals surface area contributed by atoms with Crippen LogP contribution in [-0.2, 0) is 7.05 Å². The third-order valence-corrected chi connectivity index (χ3v) is 3.98. The third-order valence-electron chi connectivity index (χ3n) is 3.98. The number of nitrogens with two attached hydrogens (primary N) is 1. The molecule has 1 aliphatic rings. The van der Waals surface area contributed by atoms with Gasteiger partial charge in [-0.25, -0.2) is 0 Å². The summed E-state index contributed by atoms with van der Waals surface area (Å²) in [6.45, 7) is 4.47. The van der Waals surface area contributed by atoms with Crippen molar-refractivity contribution in [3.8, 4) is 0 Å². The van der Waals surface area contributed by atoms with Gasteiger partial charge in [0.25, 0.3) is 5.91 Å². The highest BCUT2D eigenvalue weighted by atomic mass is 16.1. The summed E-state index contributed by atoms with van der Waals surface area (Å²) in [5, 5.41) is 7.08. The lowest BCUT2D eigenvalue weighted by Crippen LogP contribution is -2.42. The van der Waals surface area contributed by atoms with Crippen LogP contribution in [0.15, 0.2) is 6.20 Å². The Morgan fingerprint density at radius 1 is 1.50 bits per heavy atom. The van der Waals surface area contributed by atoms with Crippen LogP contribution in [0.4, 0.5) is 5.82 Å². The zero-order chi connectivity index (χ0) is 13.3. The van der Waals surface area contributed by atoms with Crippen LogP contribution in [-0.4, -0.2) is 21.7 Å². The minimum Gasteiger partial charge on any atom is -0.383 e. The molecule has 3 N–H and O–H groups in total. The van der Waals surface area contributed by atoms with Crippen LogP contribution in [0.5, 0.6) is 0 Å². The largest absolute Gasteiger partial charge is 0.383 e. The van der Waals surface area contributed by atoms with E-state index in [2.05, 4.69) is 24.3 Å². The lowest BCUT2D eigenvalue weighted by Gasteiger charge is -2.33. The number of carbonyl (C=O) groups excluding carboxylic acids is 1. The van der Waals surface area contributed by atoms with Crippen molar-refractivity contribution in [2.45, 2.75) is 39.2 Å². The van der Waals surface area contributed by atoms with Crippen molar-refractivity contribution in [3.05, 3.63) is 11.8 Å². The monoisotopic (exact) mass is 250 g/mol. The number of nitrogens with zero attached hydrogens (tertiary/aromatic N) is 2. The molecule has 18 heavy (non-hydrogen) atoms. The quantitative estimate of drug-likeness (QED) is 0.836. The van der Waals surface area contributed by atoms with E-state index in [0.717, 1.165) is 12.3 Å². The van der Waals surface area contributed by atoms with Crippen LogP contribution >= 0.6 is 0 Å². The molecule has 1 aromatic rings. The maximum absolute atomic E-state index is 12.1. The van der Waals surface area contributed by atoms with E-state index < -0.39 is 0 Å². The lowest BCUT2D eigenvalue weighted by atomic mass is 9.80. The fourth-order valence-electron chi connectivity index (χ4n) is 2.75. The van der Waals surface area contributed by atoms with Gasteiger partial charge < -0.3 is 11.1 Å². The molecule has 1 amide bonds. The van der Waals surface area contributed by atoms with Crippen LogP contribution in [0.25, 0.3) is 0 Å². The second-order valence-electron chi connectivity index (χ2n) is 5.54. The van der Waals surface area contributed by atoms with Crippen molar-refractivity contribution in [2.75, 3.05) is 5.73 Å². The van der Waals surface area contributed by atoms with E-state index in [1.54, 1.807) is 7.05 Å². The Labute approximate surface area is 108 Å². The fourth-order valence-corrected chi connectivity index (χ4v) is 2.75. The molecule has 1 fully saturated rings. The first-order valence-electron chi connectivity index (χ1n) is 6.57. The molecule has 0 bridgehead atoms. The molecule has 2 rings (SSSR count). The minimum atomic E-state index is -0.105. The van der Waals surface area contributed by atoms with Crippen molar-refractivity contribution in [1.29, 1.82) is 0 Å². The highest BCUT2D eigenvalue weighted by molar-refractivity contribution is 5.98. The van der Waals surface area contributed by atoms with Gasteiger partial charge in [0.05, 0.1) is 6.20 Å². The molecule has 0 aromatic carbocycles. The summed E-state index contributed by atoms with van der Waals surface area (Å²) in [5.41, 5.74) is 6.28. The first-order chi connectivity index (χ1) is 8.49. The molecule has 1 aromatic heterocycles. The summed E-state index contributed by atoms with van der Waals surface area (Å²) >= 11 is 0. The number of amides is 1. The molecule has 3 atom stereocenters. The number of hydrogen-bond acceptors (Lipinski definition) is 3. The van der Waals surface area contributed by atoms with E-state index >= 15 is 0 Å². The lowest BCUT2D eigenvalue weighted by molar-refractivity contribution is 0.0900. The van der Waals surface area contributed by atoms with Gasteiger partial charge in [0, 0.05) is 13.1 Å². The Balaban J connectivity index is 2.01. The van der Waals surface area contributed by atoms with E-state index in [1.807, 2.05) is 0 Å². The third kappa shape index (κ3) is 2.49. The highest BCUT2D eigenvalue weighted by Crippen LogP contribution is 2.28. The van der Waals surface area contributed by atoms with Crippen LogP contribution in [0.1, 0.15) is 43.5 Å². The summed E-state index contributed by atoms with van der Waals surface area (Å²) in [5.74, 6) is 1.60. The van der Waals surface area contributed by atoms with Gasteiger partial charge in [-0.3, -0.25) is 9.48 Å². The average molecular weight is 250 g/mol. The van der Waals surface area contributed by atoms with Crippen LogP contribution < -0.4 is 11.1 Å². The number of hydrogen-bond donors (Lipinski definition) is 2. The Bertz CT molecular complexity index is 440. The molecule has 5 nitrogen and oxygen atoms in total. The van der Waals surface area contributed by atoms with Gasteiger partial charge in [-0.15, -0.1) is 0 Å². The molecule has 5 heteroatoms. The second-order valence-corrected chi connectivity index (χ2v) is 5.54. The number of nitrogen functional groups attached to an aromatic ring is 1. The second kappa shape index (κ2) is 5.00. The maximum Gasteiger partial charge on any atom is 0.256 e. The topological polar surface area (TPSA) is 72.9 Å². The predicted octanol–water partition coefficient (Wildman–Crippen LogP) is 1.56. The van der Waals surface area contributed by atoms with E-state index in [-0.39, 0.29) is 11.9 Å². The fraction of sp³-hybridized carbons (Fsp3) is 0.692. The Kier molecular flexibility index (Phi) is 3.59.